The molecule has 3 heterocycles. The van der Waals surface area contributed by atoms with Crippen molar-refractivity contribution in [2.45, 2.75) is 19.9 Å². The van der Waals surface area contributed by atoms with Crippen LogP contribution in [0.5, 0.6) is 0 Å². The highest BCUT2D eigenvalue weighted by molar-refractivity contribution is 5.95. The van der Waals surface area contributed by atoms with Gasteiger partial charge in [0.15, 0.2) is 0 Å². The van der Waals surface area contributed by atoms with Crippen LogP contribution in [-0.2, 0) is 9.53 Å². The SMILES string of the molecule is CCOC(=O)[C@H]1CN(c2ncccn2)C[C@H]2CN(C(=O)c3ccccc3C)CCN2C1. The standard InChI is InChI=1S/C23H29N5O3/c1-3-31-22(30)18-13-26-11-12-27(21(29)20-8-5-4-7-17(20)2)15-19(26)16-28(14-18)23-24-9-6-10-25-23/h4-10,18-19H,3,11-16H2,1-2H3/t18-,19-/m1/s1. The Kier molecular flexibility index (Phi) is 6.46. The van der Waals surface area contributed by atoms with Crippen LogP contribution in [0.1, 0.15) is 22.8 Å². The van der Waals surface area contributed by atoms with Crippen molar-refractivity contribution in [3.63, 3.8) is 0 Å². The van der Waals surface area contributed by atoms with Crippen molar-refractivity contribution >= 4 is 17.8 Å². The average molecular weight is 424 g/mol. The number of benzene rings is 1. The van der Waals surface area contributed by atoms with Crippen molar-refractivity contribution in [3.05, 3.63) is 53.9 Å². The zero-order chi connectivity index (χ0) is 21.8. The van der Waals surface area contributed by atoms with Crippen LogP contribution >= 0.6 is 0 Å². The minimum atomic E-state index is -0.285. The first-order valence-electron chi connectivity index (χ1n) is 10.8. The van der Waals surface area contributed by atoms with E-state index in [1.54, 1.807) is 18.5 Å². The summed E-state index contributed by atoms with van der Waals surface area (Å²) in [5, 5.41) is 0. The van der Waals surface area contributed by atoms with E-state index in [0.717, 1.165) is 17.7 Å². The van der Waals surface area contributed by atoms with E-state index in [-0.39, 0.29) is 23.8 Å². The smallest absolute Gasteiger partial charge is 0.312 e. The minimum absolute atomic E-state index is 0.0615. The van der Waals surface area contributed by atoms with E-state index in [1.165, 1.54) is 0 Å². The Bertz CT molecular complexity index is 922. The molecule has 4 rings (SSSR count). The van der Waals surface area contributed by atoms with Gasteiger partial charge < -0.3 is 14.5 Å². The first-order chi connectivity index (χ1) is 15.1. The molecule has 0 N–H and O–H groups in total. The zero-order valence-electron chi connectivity index (χ0n) is 18.1. The van der Waals surface area contributed by atoms with Crippen molar-refractivity contribution < 1.29 is 14.3 Å². The number of amides is 1. The highest BCUT2D eigenvalue weighted by atomic mass is 16.5. The summed E-state index contributed by atoms with van der Waals surface area (Å²) >= 11 is 0. The summed E-state index contributed by atoms with van der Waals surface area (Å²) in [5.74, 6) is 0.183. The van der Waals surface area contributed by atoms with Crippen LogP contribution in [0.25, 0.3) is 0 Å². The second-order valence-corrected chi connectivity index (χ2v) is 8.12. The van der Waals surface area contributed by atoms with E-state index in [2.05, 4.69) is 14.9 Å². The number of piperazine rings is 1. The molecule has 0 spiro atoms. The lowest BCUT2D eigenvalue weighted by molar-refractivity contribution is -0.148. The zero-order valence-corrected chi connectivity index (χ0v) is 18.1. The third kappa shape index (κ3) is 4.69. The fourth-order valence-corrected chi connectivity index (χ4v) is 4.44. The lowest BCUT2D eigenvalue weighted by atomic mass is 10.1. The number of esters is 1. The number of aryl methyl sites for hydroxylation is 1. The van der Waals surface area contributed by atoms with E-state index in [4.69, 9.17) is 4.74 Å². The van der Waals surface area contributed by atoms with E-state index in [0.29, 0.717) is 45.3 Å². The largest absolute Gasteiger partial charge is 0.466 e. The molecule has 164 valence electrons. The van der Waals surface area contributed by atoms with Gasteiger partial charge in [0.1, 0.15) is 0 Å². The van der Waals surface area contributed by atoms with Gasteiger partial charge in [0, 0.05) is 63.3 Å². The Morgan fingerprint density at radius 2 is 1.81 bits per heavy atom. The summed E-state index contributed by atoms with van der Waals surface area (Å²) < 4.78 is 5.33. The Balaban J connectivity index is 1.56. The molecule has 2 saturated heterocycles. The number of carbonyl (C=O) groups is 2. The molecule has 8 nitrogen and oxygen atoms in total. The number of fused-ring (bicyclic) bond motifs is 1. The summed E-state index contributed by atoms with van der Waals surface area (Å²) in [6, 6.07) is 9.57. The number of ether oxygens (including phenoxy) is 1. The second kappa shape index (κ2) is 9.43. The predicted octanol–water partition coefficient (Wildman–Crippen LogP) is 1.61. The van der Waals surface area contributed by atoms with E-state index >= 15 is 0 Å². The summed E-state index contributed by atoms with van der Waals surface area (Å²) in [7, 11) is 0. The van der Waals surface area contributed by atoms with Gasteiger partial charge in [-0.15, -0.1) is 0 Å². The van der Waals surface area contributed by atoms with E-state index in [9.17, 15) is 9.59 Å². The van der Waals surface area contributed by atoms with Gasteiger partial charge in [-0.3, -0.25) is 14.5 Å². The molecule has 2 atom stereocenters. The third-order valence-electron chi connectivity index (χ3n) is 6.05. The molecule has 0 aliphatic carbocycles. The summed E-state index contributed by atoms with van der Waals surface area (Å²) in [6.45, 7) is 7.88. The molecule has 2 aromatic rings. The maximum atomic E-state index is 13.2. The molecule has 8 heteroatoms. The number of nitrogens with zero attached hydrogens (tertiary/aromatic N) is 5. The van der Waals surface area contributed by atoms with Crippen LogP contribution < -0.4 is 4.90 Å². The van der Waals surface area contributed by atoms with Crippen molar-refractivity contribution in [2.24, 2.45) is 5.92 Å². The molecule has 0 unspecified atom stereocenters. The molecule has 1 aromatic heterocycles. The highest BCUT2D eigenvalue weighted by Crippen LogP contribution is 2.23. The predicted molar refractivity (Wildman–Crippen MR) is 117 cm³/mol. The molecule has 2 fully saturated rings. The van der Waals surface area contributed by atoms with E-state index < -0.39 is 0 Å². The van der Waals surface area contributed by atoms with Gasteiger partial charge in [0.25, 0.3) is 5.91 Å². The number of hydrogen-bond acceptors (Lipinski definition) is 7. The van der Waals surface area contributed by atoms with Crippen LogP contribution in [0.2, 0.25) is 0 Å². The van der Waals surface area contributed by atoms with Crippen LogP contribution in [0, 0.1) is 12.8 Å². The minimum Gasteiger partial charge on any atom is -0.466 e. The van der Waals surface area contributed by atoms with Crippen LogP contribution in [0.4, 0.5) is 5.95 Å². The molecular formula is C23H29N5O3. The number of aromatic nitrogens is 2. The van der Waals surface area contributed by atoms with Crippen LogP contribution in [0.3, 0.4) is 0 Å². The quantitative estimate of drug-likeness (QED) is 0.692. The van der Waals surface area contributed by atoms with Gasteiger partial charge in [0.2, 0.25) is 5.95 Å². The molecule has 2 aliphatic heterocycles. The Morgan fingerprint density at radius 3 is 2.55 bits per heavy atom. The van der Waals surface area contributed by atoms with Gasteiger partial charge in [-0.2, -0.15) is 0 Å². The highest BCUT2D eigenvalue weighted by Gasteiger charge is 2.38. The normalized spacial score (nSPS) is 21.9. The van der Waals surface area contributed by atoms with Crippen LogP contribution in [-0.4, -0.2) is 83.6 Å². The number of hydrogen-bond donors (Lipinski definition) is 0. The Morgan fingerprint density at radius 1 is 1.03 bits per heavy atom. The maximum Gasteiger partial charge on any atom is 0.312 e. The van der Waals surface area contributed by atoms with Gasteiger partial charge in [-0.25, -0.2) is 9.97 Å². The van der Waals surface area contributed by atoms with Gasteiger partial charge >= 0.3 is 5.97 Å². The van der Waals surface area contributed by atoms with Crippen LogP contribution in [0.15, 0.2) is 42.7 Å². The van der Waals surface area contributed by atoms with Gasteiger partial charge in [0.05, 0.1) is 12.5 Å². The lowest BCUT2D eigenvalue weighted by Gasteiger charge is -2.41. The molecule has 31 heavy (non-hydrogen) atoms. The molecule has 0 bridgehead atoms. The van der Waals surface area contributed by atoms with Gasteiger partial charge in [-0.05, 0) is 31.5 Å². The van der Waals surface area contributed by atoms with Crippen molar-refractivity contribution in [1.82, 2.24) is 19.8 Å². The first-order valence-corrected chi connectivity index (χ1v) is 10.8. The summed E-state index contributed by atoms with van der Waals surface area (Å²) in [6.07, 6.45) is 3.42. The monoisotopic (exact) mass is 423 g/mol. The number of carbonyl (C=O) groups excluding carboxylic acids is 2. The Hall–Kier alpha value is -3.00. The van der Waals surface area contributed by atoms with Crippen molar-refractivity contribution in [1.29, 1.82) is 0 Å². The fraction of sp³-hybridized carbons (Fsp3) is 0.478. The number of anilines is 1. The van der Waals surface area contributed by atoms with Crippen molar-refractivity contribution in [3.8, 4) is 0 Å². The van der Waals surface area contributed by atoms with Gasteiger partial charge in [-0.1, -0.05) is 18.2 Å². The molecule has 1 aromatic carbocycles. The van der Waals surface area contributed by atoms with Crippen molar-refractivity contribution in [2.75, 3.05) is 50.8 Å². The summed E-state index contributed by atoms with van der Waals surface area (Å²) in [5.41, 5.74) is 1.73. The lowest BCUT2D eigenvalue weighted by Crippen LogP contribution is -2.57. The number of rotatable bonds is 4. The molecule has 0 saturated carbocycles. The average Bonchev–Trinajstić information content (AvgIpc) is 2.99. The molecule has 1 amide bonds. The maximum absolute atomic E-state index is 13.2. The fourth-order valence-electron chi connectivity index (χ4n) is 4.44. The Labute approximate surface area is 182 Å². The molecular weight excluding hydrogens is 394 g/mol. The third-order valence-corrected chi connectivity index (χ3v) is 6.05. The molecule has 2 aliphatic rings. The first kappa shape index (κ1) is 21.2. The topological polar surface area (TPSA) is 78.9 Å². The summed E-state index contributed by atoms with van der Waals surface area (Å²) in [4.78, 5) is 40.9. The second-order valence-electron chi connectivity index (χ2n) is 8.12. The molecule has 0 radical (unpaired) electrons. The van der Waals surface area contributed by atoms with E-state index in [1.807, 2.05) is 47.9 Å².